The van der Waals surface area contributed by atoms with Gasteiger partial charge in [-0.05, 0) is 58.3 Å². The van der Waals surface area contributed by atoms with Gasteiger partial charge in [0, 0.05) is 12.1 Å². The highest BCUT2D eigenvalue weighted by molar-refractivity contribution is 5.94. The zero-order chi connectivity index (χ0) is 16.9. The van der Waals surface area contributed by atoms with Gasteiger partial charge < -0.3 is 5.32 Å². The predicted molar refractivity (Wildman–Crippen MR) is 86.3 cm³/mol. The molecule has 0 saturated heterocycles. The summed E-state index contributed by atoms with van der Waals surface area (Å²) in [6.07, 6.45) is 1.49. The van der Waals surface area contributed by atoms with E-state index in [0.717, 1.165) is 11.3 Å². The van der Waals surface area contributed by atoms with E-state index in [4.69, 9.17) is 0 Å². The zero-order valence-corrected chi connectivity index (χ0v) is 13.1. The van der Waals surface area contributed by atoms with Crippen molar-refractivity contribution in [1.82, 2.24) is 25.5 Å². The largest absolute Gasteiger partial charge is 0.351 e. The minimum atomic E-state index is -0.266. The summed E-state index contributed by atoms with van der Waals surface area (Å²) >= 11 is 0. The van der Waals surface area contributed by atoms with Crippen molar-refractivity contribution in [3.8, 4) is 5.69 Å². The maximum Gasteiger partial charge on any atom is 0.251 e. The number of carbonyl (C=O) groups is 1. The van der Waals surface area contributed by atoms with E-state index in [0.29, 0.717) is 12.1 Å². The molecule has 0 radical (unpaired) electrons. The van der Waals surface area contributed by atoms with Crippen LogP contribution in [0.1, 0.15) is 28.8 Å². The second-order valence-electron chi connectivity index (χ2n) is 5.46. The summed E-state index contributed by atoms with van der Waals surface area (Å²) < 4.78 is 14.4. The number of hydrogen-bond acceptors (Lipinski definition) is 4. The van der Waals surface area contributed by atoms with Crippen molar-refractivity contribution in [1.29, 1.82) is 0 Å². The summed E-state index contributed by atoms with van der Waals surface area (Å²) in [5, 5.41) is 13.8. The quantitative estimate of drug-likeness (QED) is 0.781. The van der Waals surface area contributed by atoms with E-state index in [2.05, 4.69) is 20.8 Å². The van der Waals surface area contributed by atoms with Crippen LogP contribution in [0.15, 0.2) is 54.9 Å². The van der Waals surface area contributed by atoms with Crippen LogP contribution in [0.3, 0.4) is 0 Å². The van der Waals surface area contributed by atoms with E-state index < -0.39 is 0 Å². The lowest BCUT2D eigenvalue weighted by Crippen LogP contribution is -2.27. The molecule has 6 nitrogen and oxygen atoms in total. The molecule has 1 aromatic heterocycles. The van der Waals surface area contributed by atoms with Crippen LogP contribution in [0.2, 0.25) is 0 Å². The summed E-state index contributed by atoms with van der Waals surface area (Å²) in [6.45, 7) is 2.45. The number of nitrogens with zero attached hydrogens (tertiary/aromatic N) is 4. The average molecular weight is 325 g/mol. The van der Waals surface area contributed by atoms with Crippen LogP contribution in [0.25, 0.3) is 5.69 Å². The van der Waals surface area contributed by atoms with Gasteiger partial charge in [0.25, 0.3) is 5.91 Å². The normalized spacial score (nSPS) is 11.9. The molecule has 0 aliphatic carbocycles. The van der Waals surface area contributed by atoms with E-state index in [-0.39, 0.29) is 17.6 Å². The first-order valence-electron chi connectivity index (χ1n) is 7.50. The summed E-state index contributed by atoms with van der Waals surface area (Å²) in [7, 11) is 0. The van der Waals surface area contributed by atoms with E-state index >= 15 is 0 Å². The van der Waals surface area contributed by atoms with Crippen molar-refractivity contribution < 1.29 is 9.18 Å². The van der Waals surface area contributed by atoms with Gasteiger partial charge in [-0.3, -0.25) is 4.79 Å². The molecule has 1 atom stereocenters. The minimum absolute atomic E-state index is 0.0926. The lowest BCUT2D eigenvalue weighted by Gasteiger charge is -2.13. The third-order valence-corrected chi connectivity index (χ3v) is 3.75. The van der Waals surface area contributed by atoms with Gasteiger partial charge in [0.15, 0.2) is 0 Å². The number of tetrazole rings is 1. The first-order chi connectivity index (χ1) is 11.6. The number of benzene rings is 2. The molecule has 3 rings (SSSR count). The van der Waals surface area contributed by atoms with Crippen molar-refractivity contribution in [3.63, 3.8) is 0 Å². The Kier molecular flexibility index (Phi) is 4.60. The predicted octanol–water partition coefficient (Wildman–Crippen LogP) is 2.33. The molecule has 0 saturated carbocycles. The lowest BCUT2D eigenvalue weighted by molar-refractivity contribution is 0.0951. The highest BCUT2D eigenvalue weighted by Crippen LogP contribution is 2.15. The third kappa shape index (κ3) is 3.62. The second kappa shape index (κ2) is 6.99. The first kappa shape index (κ1) is 15.8. The van der Waals surface area contributed by atoms with E-state index in [1.54, 1.807) is 36.4 Å². The average Bonchev–Trinajstić information content (AvgIpc) is 3.15. The zero-order valence-electron chi connectivity index (χ0n) is 13.1. The van der Waals surface area contributed by atoms with Crippen LogP contribution in [0.5, 0.6) is 0 Å². The van der Waals surface area contributed by atoms with Crippen molar-refractivity contribution in [2.75, 3.05) is 6.54 Å². The molecule has 2 aromatic carbocycles. The number of hydrogen-bond donors (Lipinski definition) is 1. The highest BCUT2D eigenvalue weighted by atomic mass is 19.1. The van der Waals surface area contributed by atoms with Crippen molar-refractivity contribution in [3.05, 3.63) is 71.8 Å². The number of carbonyl (C=O) groups excluding carboxylic acids is 1. The van der Waals surface area contributed by atoms with Crippen LogP contribution in [0, 0.1) is 5.82 Å². The molecular formula is C17H16FN5O. The molecule has 1 N–H and O–H groups in total. The molecule has 0 spiro atoms. The van der Waals surface area contributed by atoms with Crippen LogP contribution in [-0.4, -0.2) is 32.7 Å². The topological polar surface area (TPSA) is 72.7 Å². The van der Waals surface area contributed by atoms with E-state index in [1.165, 1.54) is 23.1 Å². The SMILES string of the molecule is CC(CNC(=O)c1ccc(-n2cnnn2)cc1)c1ccc(F)cc1. The van der Waals surface area contributed by atoms with Gasteiger partial charge in [-0.15, -0.1) is 5.10 Å². The van der Waals surface area contributed by atoms with Gasteiger partial charge in [0.05, 0.1) is 5.69 Å². The van der Waals surface area contributed by atoms with Crippen LogP contribution in [0.4, 0.5) is 4.39 Å². The molecule has 7 heteroatoms. The fourth-order valence-electron chi connectivity index (χ4n) is 2.30. The fraction of sp³-hybridized carbons (Fsp3) is 0.176. The number of amides is 1. The Morgan fingerprint density at radius 2 is 1.88 bits per heavy atom. The fourth-order valence-corrected chi connectivity index (χ4v) is 2.30. The molecule has 122 valence electrons. The summed E-state index contributed by atoms with van der Waals surface area (Å²) in [6, 6.07) is 13.3. The first-order valence-corrected chi connectivity index (χ1v) is 7.50. The Morgan fingerprint density at radius 1 is 1.17 bits per heavy atom. The van der Waals surface area contributed by atoms with Gasteiger partial charge in [-0.1, -0.05) is 19.1 Å². The molecule has 3 aromatic rings. The Hall–Kier alpha value is -3.09. The smallest absolute Gasteiger partial charge is 0.251 e. The molecule has 0 aliphatic heterocycles. The van der Waals surface area contributed by atoms with Crippen LogP contribution < -0.4 is 5.32 Å². The van der Waals surface area contributed by atoms with Crippen LogP contribution >= 0.6 is 0 Å². The Morgan fingerprint density at radius 3 is 2.50 bits per heavy atom. The van der Waals surface area contributed by atoms with Gasteiger partial charge in [0.2, 0.25) is 0 Å². The number of aromatic nitrogens is 4. The van der Waals surface area contributed by atoms with Crippen molar-refractivity contribution >= 4 is 5.91 Å². The summed E-state index contributed by atoms with van der Waals surface area (Å²) in [4.78, 5) is 12.2. The maximum absolute atomic E-state index is 12.9. The third-order valence-electron chi connectivity index (χ3n) is 3.75. The maximum atomic E-state index is 12.9. The van der Waals surface area contributed by atoms with Crippen molar-refractivity contribution in [2.45, 2.75) is 12.8 Å². The molecule has 1 amide bonds. The molecule has 0 aliphatic rings. The summed E-state index contributed by atoms with van der Waals surface area (Å²) in [5.41, 5.74) is 2.31. The molecule has 0 bridgehead atoms. The Bertz CT molecular complexity index is 800. The standard InChI is InChI=1S/C17H16FN5O/c1-12(13-2-6-15(18)7-3-13)10-19-17(24)14-4-8-16(9-5-14)23-11-20-21-22-23/h2-9,11-12H,10H2,1H3,(H,19,24). The van der Waals surface area contributed by atoms with Gasteiger partial charge in [-0.25, -0.2) is 9.07 Å². The monoisotopic (exact) mass is 325 g/mol. The Balaban J connectivity index is 1.59. The molecule has 24 heavy (non-hydrogen) atoms. The van der Waals surface area contributed by atoms with E-state index in [9.17, 15) is 9.18 Å². The van der Waals surface area contributed by atoms with E-state index in [1.807, 2.05) is 6.92 Å². The lowest BCUT2D eigenvalue weighted by atomic mass is 10.0. The number of rotatable bonds is 5. The molecule has 1 unspecified atom stereocenters. The van der Waals surface area contributed by atoms with Crippen molar-refractivity contribution in [2.24, 2.45) is 0 Å². The van der Waals surface area contributed by atoms with Gasteiger partial charge >= 0.3 is 0 Å². The van der Waals surface area contributed by atoms with Gasteiger partial charge in [0.1, 0.15) is 12.1 Å². The second-order valence-corrected chi connectivity index (χ2v) is 5.46. The molecule has 0 fully saturated rings. The minimum Gasteiger partial charge on any atom is -0.351 e. The number of nitrogens with one attached hydrogen (secondary N) is 1. The van der Waals surface area contributed by atoms with Crippen LogP contribution in [-0.2, 0) is 0 Å². The summed E-state index contributed by atoms with van der Waals surface area (Å²) in [5.74, 6) is -0.333. The van der Waals surface area contributed by atoms with Gasteiger partial charge in [-0.2, -0.15) is 0 Å². The molecular weight excluding hydrogens is 309 g/mol. The number of halogens is 1. The molecule has 1 heterocycles. The Labute approximate surface area is 138 Å². The highest BCUT2D eigenvalue weighted by Gasteiger charge is 2.10.